The minimum Gasteiger partial charge on any atom is -0.306 e. The van der Waals surface area contributed by atoms with Crippen LogP contribution in [0.4, 0.5) is 0 Å². The summed E-state index contributed by atoms with van der Waals surface area (Å²) in [7, 11) is 0. The number of benzene rings is 4. The van der Waals surface area contributed by atoms with Crippen LogP contribution in [0.1, 0.15) is 11.1 Å². The molecule has 0 spiro atoms. The van der Waals surface area contributed by atoms with E-state index in [0.29, 0.717) is 17.2 Å². The number of fused-ring (bicyclic) bond motifs is 1. The van der Waals surface area contributed by atoms with Crippen molar-refractivity contribution in [3.63, 3.8) is 0 Å². The second kappa shape index (κ2) is 7.93. The van der Waals surface area contributed by atoms with E-state index in [1.54, 1.807) is 0 Å². The van der Waals surface area contributed by atoms with Crippen molar-refractivity contribution in [2.75, 3.05) is 0 Å². The van der Waals surface area contributed by atoms with Crippen LogP contribution in [-0.4, -0.2) is 9.13 Å². The first-order chi connectivity index (χ1) is 15.1. The molecule has 31 heavy (non-hydrogen) atoms. The lowest BCUT2D eigenvalue weighted by molar-refractivity contribution is 0.724. The van der Waals surface area contributed by atoms with Crippen molar-refractivity contribution >= 4 is 22.6 Å². The molecule has 0 amide bonds. The zero-order valence-corrected chi connectivity index (χ0v) is 18.0. The van der Waals surface area contributed by atoms with Gasteiger partial charge in [0.1, 0.15) is 0 Å². The lowest BCUT2D eigenvalue weighted by Crippen LogP contribution is -2.24. The van der Waals surface area contributed by atoms with Crippen LogP contribution in [-0.2, 0) is 6.54 Å². The molecule has 0 aliphatic rings. The van der Waals surface area contributed by atoms with Crippen molar-refractivity contribution in [3.8, 4) is 16.8 Å². The van der Waals surface area contributed by atoms with E-state index in [2.05, 4.69) is 67.6 Å². The van der Waals surface area contributed by atoms with Crippen LogP contribution in [0.2, 0.25) is 5.02 Å². The third kappa shape index (κ3) is 3.58. The van der Waals surface area contributed by atoms with Gasteiger partial charge in [0.2, 0.25) is 5.62 Å². The Bertz CT molecular complexity index is 1440. The average molecular weight is 424 g/mol. The molecule has 0 radical (unpaired) electrons. The highest BCUT2D eigenvalue weighted by molar-refractivity contribution is 6.31. The first kappa shape index (κ1) is 19.4. The zero-order valence-electron chi connectivity index (χ0n) is 17.2. The SMILES string of the molecule is Cc1cccc(-c2ccc(-n3c(=N)n(Cc4ccccc4Cl)c4ccccc43)cc2)c1. The van der Waals surface area contributed by atoms with Gasteiger partial charge < -0.3 is 4.57 Å². The molecule has 3 nitrogen and oxygen atoms in total. The molecular weight excluding hydrogens is 402 g/mol. The van der Waals surface area contributed by atoms with Gasteiger partial charge in [-0.3, -0.25) is 9.98 Å². The van der Waals surface area contributed by atoms with Gasteiger partial charge in [-0.15, -0.1) is 0 Å². The number of nitrogens with one attached hydrogen (secondary N) is 1. The van der Waals surface area contributed by atoms with Gasteiger partial charge >= 0.3 is 0 Å². The second-order valence-corrected chi connectivity index (χ2v) is 8.15. The molecule has 0 saturated carbocycles. The Labute approximate surface area is 186 Å². The summed E-state index contributed by atoms with van der Waals surface area (Å²) < 4.78 is 4.00. The number of nitrogens with zero attached hydrogens (tertiary/aromatic N) is 2. The van der Waals surface area contributed by atoms with Crippen LogP contribution in [0.3, 0.4) is 0 Å². The number of halogens is 1. The summed E-state index contributed by atoms with van der Waals surface area (Å²) in [6.45, 7) is 2.65. The fourth-order valence-corrected chi connectivity index (χ4v) is 4.27. The van der Waals surface area contributed by atoms with Gasteiger partial charge in [-0.1, -0.05) is 83.9 Å². The number of hydrogen-bond acceptors (Lipinski definition) is 1. The van der Waals surface area contributed by atoms with Crippen LogP contribution < -0.4 is 5.62 Å². The van der Waals surface area contributed by atoms with E-state index in [9.17, 15) is 0 Å². The maximum Gasteiger partial charge on any atom is 0.208 e. The van der Waals surface area contributed by atoms with E-state index >= 15 is 0 Å². The maximum absolute atomic E-state index is 8.96. The Hall–Kier alpha value is -3.56. The molecule has 152 valence electrons. The maximum atomic E-state index is 8.96. The third-order valence-corrected chi connectivity index (χ3v) is 6.01. The molecule has 0 aliphatic heterocycles. The summed E-state index contributed by atoms with van der Waals surface area (Å²) >= 11 is 6.41. The van der Waals surface area contributed by atoms with Crippen molar-refractivity contribution < 1.29 is 0 Å². The highest BCUT2D eigenvalue weighted by atomic mass is 35.5. The van der Waals surface area contributed by atoms with Crippen molar-refractivity contribution in [1.29, 1.82) is 5.41 Å². The normalized spacial score (nSPS) is 11.2. The molecule has 0 unspecified atom stereocenters. The molecule has 0 saturated heterocycles. The second-order valence-electron chi connectivity index (χ2n) is 7.74. The van der Waals surface area contributed by atoms with Crippen molar-refractivity contribution in [1.82, 2.24) is 9.13 Å². The molecule has 1 heterocycles. The lowest BCUT2D eigenvalue weighted by Gasteiger charge is -2.08. The fraction of sp³-hybridized carbons (Fsp3) is 0.0741. The van der Waals surface area contributed by atoms with E-state index < -0.39 is 0 Å². The van der Waals surface area contributed by atoms with Crippen molar-refractivity contribution in [3.05, 3.63) is 119 Å². The molecule has 0 aliphatic carbocycles. The molecular formula is C27H22ClN3. The quantitative estimate of drug-likeness (QED) is 0.338. The monoisotopic (exact) mass is 423 g/mol. The molecule has 4 aromatic carbocycles. The minimum atomic E-state index is 0.421. The Morgan fingerprint density at radius 3 is 2.19 bits per heavy atom. The smallest absolute Gasteiger partial charge is 0.208 e. The fourth-order valence-electron chi connectivity index (χ4n) is 4.08. The van der Waals surface area contributed by atoms with Gasteiger partial charge in [0.05, 0.1) is 17.6 Å². The van der Waals surface area contributed by atoms with E-state index in [1.165, 1.54) is 16.7 Å². The van der Waals surface area contributed by atoms with Crippen LogP contribution in [0, 0.1) is 12.3 Å². The van der Waals surface area contributed by atoms with E-state index in [1.807, 2.05) is 45.5 Å². The highest BCUT2D eigenvalue weighted by Crippen LogP contribution is 2.24. The largest absolute Gasteiger partial charge is 0.306 e. The Balaban J connectivity index is 1.62. The Morgan fingerprint density at radius 1 is 0.742 bits per heavy atom. The molecule has 1 aromatic heterocycles. The van der Waals surface area contributed by atoms with Gasteiger partial charge in [-0.05, 0) is 53.9 Å². The first-order valence-corrected chi connectivity index (χ1v) is 10.7. The topological polar surface area (TPSA) is 33.7 Å². The summed E-state index contributed by atoms with van der Waals surface area (Å²) in [5, 5.41) is 9.68. The molecule has 1 N–H and O–H groups in total. The third-order valence-electron chi connectivity index (χ3n) is 5.64. The van der Waals surface area contributed by atoms with Crippen LogP contribution in [0.5, 0.6) is 0 Å². The number of rotatable bonds is 4. The van der Waals surface area contributed by atoms with Crippen LogP contribution in [0.25, 0.3) is 27.8 Å². The highest BCUT2D eigenvalue weighted by Gasteiger charge is 2.13. The number of aromatic nitrogens is 2. The van der Waals surface area contributed by atoms with Crippen molar-refractivity contribution in [2.45, 2.75) is 13.5 Å². The van der Waals surface area contributed by atoms with Crippen molar-refractivity contribution in [2.24, 2.45) is 0 Å². The van der Waals surface area contributed by atoms with Gasteiger partial charge in [-0.25, -0.2) is 0 Å². The summed E-state index contributed by atoms with van der Waals surface area (Å²) in [5.74, 6) is 0. The Kier molecular flexibility index (Phi) is 4.97. The van der Waals surface area contributed by atoms with Gasteiger partial charge in [-0.2, -0.15) is 0 Å². The summed E-state index contributed by atoms with van der Waals surface area (Å²) in [6, 6.07) is 32.9. The number of aryl methyl sites for hydroxylation is 1. The molecule has 4 heteroatoms. The van der Waals surface area contributed by atoms with Gasteiger partial charge in [0.15, 0.2) is 0 Å². The zero-order chi connectivity index (χ0) is 21.4. The van der Waals surface area contributed by atoms with E-state index in [4.69, 9.17) is 17.0 Å². The molecule has 5 rings (SSSR count). The number of para-hydroxylation sites is 2. The van der Waals surface area contributed by atoms with Crippen LogP contribution in [0.15, 0.2) is 97.1 Å². The lowest BCUT2D eigenvalue weighted by atomic mass is 10.0. The summed E-state index contributed by atoms with van der Waals surface area (Å²) in [5.41, 5.74) is 8.01. The predicted octanol–water partition coefficient (Wildman–Crippen LogP) is 6.59. The number of imidazole rings is 1. The average Bonchev–Trinajstić information content (AvgIpc) is 3.07. The summed E-state index contributed by atoms with van der Waals surface area (Å²) in [4.78, 5) is 0. The first-order valence-electron chi connectivity index (χ1n) is 10.3. The molecule has 0 atom stereocenters. The van der Waals surface area contributed by atoms with E-state index in [-0.39, 0.29) is 0 Å². The molecule has 5 aromatic rings. The minimum absolute atomic E-state index is 0.421. The van der Waals surface area contributed by atoms with Crippen LogP contribution >= 0.6 is 11.6 Å². The van der Waals surface area contributed by atoms with E-state index in [0.717, 1.165) is 22.3 Å². The molecule has 0 bridgehead atoms. The number of hydrogen-bond donors (Lipinski definition) is 1. The standard InChI is InChI=1S/C27H22ClN3/c1-19-7-6-9-21(17-19)20-13-15-23(16-14-20)31-26-12-5-4-11-25(26)30(27(31)29)18-22-8-2-3-10-24(22)28/h2-17,29H,18H2,1H3. The summed E-state index contributed by atoms with van der Waals surface area (Å²) in [6.07, 6.45) is 0. The van der Waals surface area contributed by atoms with Gasteiger partial charge in [0, 0.05) is 10.7 Å². The Morgan fingerprint density at radius 2 is 1.45 bits per heavy atom. The van der Waals surface area contributed by atoms with Gasteiger partial charge in [0.25, 0.3) is 0 Å². The molecule has 0 fully saturated rings. The predicted molar refractivity (Wildman–Crippen MR) is 128 cm³/mol.